The van der Waals surface area contributed by atoms with Crippen molar-refractivity contribution in [3.63, 3.8) is 0 Å². The van der Waals surface area contributed by atoms with Crippen LogP contribution in [0.4, 0.5) is 0 Å². The molecule has 0 aliphatic carbocycles. The van der Waals surface area contributed by atoms with Crippen molar-refractivity contribution in [2.75, 3.05) is 7.11 Å². The Morgan fingerprint density at radius 3 is 2.15 bits per heavy atom. The van der Waals surface area contributed by atoms with Crippen LogP contribution in [-0.2, 0) is 45.5 Å². The third-order valence-corrected chi connectivity index (χ3v) is 5.72. The first-order valence-electron chi connectivity index (χ1n) is 8.14. The van der Waals surface area contributed by atoms with Gasteiger partial charge in [0, 0.05) is 30.9 Å². The van der Waals surface area contributed by atoms with Crippen molar-refractivity contribution in [2.45, 2.75) is 55.3 Å². The fourth-order valence-corrected chi connectivity index (χ4v) is 3.45. The Kier molecular flexibility index (Phi) is 10.5. The Labute approximate surface area is 159 Å². The molecule has 4 atom stereocenters. The Morgan fingerprint density at radius 1 is 1.08 bits per heavy atom. The molecule has 0 saturated carbocycles. The molecular formula is C17H24O7S2. The Hall–Kier alpha value is -1.42. The molecule has 0 heterocycles. The zero-order valence-corrected chi connectivity index (χ0v) is 16.7. The second kappa shape index (κ2) is 12.1. The molecule has 26 heavy (non-hydrogen) atoms. The molecule has 0 fully saturated rings. The van der Waals surface area contributed by atoms with Gasteiger partial charge in [0.2, 0.25) is 0 Å². The summed E-state index contributed by atoms with van der Waals surface area (Å²) in [6, 6.07) is 8.78. The zero-order valence-electron chi connectivity index (χ0n) is 15.0. The monoisotopic (exact) mass is 404 g/mol. The van der Waals surface area contributed by atoms with E-state index in [0.717, 1.165) is 0 Å². The number of hydrogen-bond donors (Lipinski definition) is 0. The summed E-state index contributed by atoms with van der Waals surface area (Å²) in [5.74, 6) is -0.973. The maximum Gasteiger partial charge on any atom is 0.309 e. The fraction of sp³-hybridized carbons (Fsp3) is 0.529. The minimum absolute atomic E-state index is 0.101. The van der Waals surface area contributed by atoms with Crippen molar-refractivity contribution in [1.29, 1.82) is 0 Å². The predicted octanol–water partition coefficient (Wildman–Crippen LogP) is 2.44. The van der Waals surface area contributed by atoms with Gasteiger partial charge in [-0.1, -0.05) is 18.2 Å². The molecule has 0 spiro atoms. The van der Waals surface area contributed by atoms with Gasteiger partial charge in [0.15, 0.2) is 21.4 Å². The molecule has 3 unspecified atom stereocenters. The second-order valence-electron chi connectivity index (χ2n) is 5.36. The van der Waals surface area contributed by atoms with Crippen molar-refractivity contribution in [1.82, 2.24) is 0 Å². The molecule has 0 amide bonds. The predicted molar refractivity (Wildman–Crippen MR) is 97.6 cm³/mol. The van der Waals surface area contributed by atoms with E-state index < -0.39 is 45.1 Å². The molecule has 0 bridgehead atoms. The van der Waals surface area contributed by atoms with Gasteiger partial charge in [-0.15, -0.1) is 0 Å². The number of carbonyl (C=O) groups excluding carboxylic acids is 2. The van der Waals surface area contributed by atoms with Crippen LogP contribution in [-0.4, -0.2) is 38.7 Å². The third-order valence-electron chi connectivity index (χ3n) is 3.32. The Morgan fingerprint density at radius 2 is 1.62 bits per heavy atom. The van der Waals surface area contributed by atoms with E-state index in [4.69, 9.17) is 9.47 Å². The number of esters is 2. The average molecular weight is 405 g/mol. The minimum Gasteiger partial charge on any atom is -0.609 e. The van der Waals surface area contributed by atoms with Crippen LogP contribution in [0.2, 0.25) is 0 Å². The number of hydrogen-bond acceptors (Lipinski definition) is 7. The van der Waals surface area contributed by atoms with E-state index in [2.05, 4.69) is 4.18 Å². The highest BCUT2D eigenvalue weighted by Crippen LogP contribution is 2.17. The molecule has 0 saturated heterocycles. The topological polar surface area (TPSA) is 102 Å². The van der Waals surface area contributed by atoms with Crippen LogP contribution >= 0.6 is 0 Å². The number of ether oxygens (including phenoxy) is 2. The fourth-order valence-electron chi connectivity index (χ4n) is 1.99. The summed E-state index contributed by atoms with van der Waals surface area (Å²) >= 11 is -3.11. The molecule has 7 nitrogen and oxygen atoms in total. The molecule has 1 aromatic rings. The molecule has 0 aliphatic heterocycles. The molecular weight excluding hydrogens is 380 g/mol. The van der Waals surface area contributed by atoms with Gasteiger partial charge in [-0.05, 0) is 31.9 Å². The summed E-state index contributed by atoms with van der Waals surface area (Å²) in [5.41, 5.74) is -1.59. The molecule has 9 heteroatoms. The highest BCUT2D eigenvalue weighted by Gasteiger charge is 2.23. The smallest absolute Gasteiger partial charge is 0.309 e. The lowest BCUT2D eigenvalue weighted by Gasteiger charge is -2.17. The maximum atomic E-state index is 12.2. The van der Waals surface area contributed by atoms with Crippen molar-refractivity contribution in [3.8, 4) is 0 Å². The van der Waals surface area contributed by atoms with Crippen molar-refractivity contribution >= 4 is 34.2 Å². The molecule has 146 valence electrons. The van der Waals surface area contributed by atoms with Gasteiger partial charge in [-0.3, -0.25) is 13.8 Å². The van der Waals surface area contributed by atoms with E-state index in [-0.39, 0.29) is 12.8 Å². The quantitative estimate of drug-likeness (QED) is 0.317. The molecule has 1 aromatic carbocycles. The van der Waals surface area contributed by atoms with Gasteiger partial charge in [0.05, 0.1) is 7.11 Å². The van der Waals surface area contributed by atoms with E-state index in [1.165, 1.54) is 14.0 Å². The van der Waals surface area contributed by atoms with Crippen LogP contribution < -0.4 is 0 Å². The lowest BCUT2D eigenvalue weighted by Crippen LogP contribution is -2.24. The van der Waals surface area contributed by atoms with Gasteiger partial charge in [0.1, 0.15) is 0 Å². The lowest BCUT2D eigenvalue weighted by atomic mass is 10.2. The van der Waals surface area contributed by atoms with Crippen LogP contribution in [0.5, 0.6) is 0 Å². The van der Waals surface area contributed by atoms with Gasteiger partial charge in [-0.2, -0.15) is 0 Å². The summed E-state index contributed by atoms with van der Waals surface area (Å²) in [6.45, 7) is 3.05. The standard InChI is InChI=1S/C17H24O7S2/c1-13(25(20)15-9-5-4-6-10-15)23-16(18)11-7-8-12-17(19)24-14(2)26(21)22-3/h4-6,9-10,13-14H,7-8,11-12H2,1-3H3/t13?,14?,25-,26?/m1/s1. The first kappa shape index (κ1) is 22.6. The number of benzene rings is 1. The summed E-state index contributed by atoms with van der Waals surface area (Å²) < 4.78 is 38.1. The lowest BCUT2D eigenvalue weighted by molar-refractivity contribution is -0.147. The highest BCUT2D eigenvalue weighted by atomic mass is 32.2. The van der Waals surface area contributed by atoms with Crippen LogP contribution in [0.1, 0.15) is 39.5 Å². The van der Waals surface area contributed by atoms with E-state index in [1.807, 2.05) is 6.07 Å². The summed E-state index contributed by atoms with van der Waals surface area (Å²) in [7, 11) is 1.26. The third kappa shape index (κ3) is 8.31. The van der Waals surface area contributed by atoms with Crippen LogP contribution in [0.3, 0.4) is 0 Å². The average Bonchev–Trinajstić information content (AvgIpc) is 2.64. The SMILES string of the molecule is COS(=O)C(C)OC(=O)CCCCC(=O)OC(C)[S@@+]([O-])c1ccccc1. The first-order chi connectivity index (χ1) is 12.3. The first-order valence-corrected chi connectivity index (χ1v) is 10.5. The molecule has 0 radical (unpaired) electrons. The number of rotatable bonds is 11. The second-order valence-corrected chi connectivity index (χ2v) is 8.61. The van der Waals surface area contributed by atoms with Gasteiger partial charge < -0.3 is 14.0 Å². The normalized spacial score (nSPS) is 15.5. The minimum atomic E-state index is -1.68. The zero-order chi connectivity index (χ0) is 19.5. The van der Waals surface area contributed by atoms with Crippen molar-refractivity contribution < 1.29 is 32.0 Å². The number of carbonyl (C=O) groups is 2. The molecule has 0 N–H and O–H groups in total. The van der Waals surface area contributed by atoms with Crippen LogP contribution in [0.25, 0.3) is 0 Å². The molecule has 0 aromatic heterocycles. The van der Waals surface area contributed by atoms with Gasteiger partial charge >= 0.3 is 11.9 Å². The largest absolute Gasteiger partial charge is 0.609 e. The van der Waals surface area contributed by atoms with Crippen LogP contribution in [0, 0.1) is 0 Å². The maximum absolute atomic E-state index is 12.2. The summed E-state index contributed by atoms with van der Waals surface area (Å²) in [6.07, 6.45) is 1.07. The summed E-state index contributed by atoms with van der Waals surface area (Å²) in [5, 5.41) is 0. The van der Waals surface area contributed by atoms with Crippen LogP contribution in [0.15, 0.2) is 35.2 Å². The number of unbranched alkanes of at least 4 members (excludes halogenated alkanes) is 1. The van der Waals surface area contributed by atoms with Crippen molar-refractivity contribution in [3.05, 3.63) is 30.3 Å². The molecule has 0 aliphatic rings. The van der Waals surface area contributed by atoms with E-state index >= 15 is 0 Å². The van der Waals surface area contributed by atoms with E-state index in [9.17, 15) is 18.4 Å². The highest BCUT2D eigenvalue weighted by molar-refractivity contribution is 7.91. The van der Waals surface area contributed by atoms with E-state index in [0.29, 0.717) is 17.7 Å². The Balaban J connectivity index is 2.24. The Bertz CT molecular complexity index is 594. The van der Waals surface area contributed by atoms with E-state index in [1.54, 1.807) is 31.2 Å². The molecule has 1 rings (SSSR count). The van der Waals surface area contributed by atoms with Crippen molar-refractivity contribution in [2.24, 2.45) is 0 Å². The summed E-state index contributed by atoms with van der Waals surface area (Å²) in [4.78, 5) is 24.0. The van der Waals surface area contributed by atoms with Gasteiger partial charge in [0.25, 0.3) is 5.44 Å². The van der Waals surface area contributed by atoms with Gasteiger partial charge in [-0.25, -0.2) is 4.21 Å².